The van der Waals surface area contributed by atoms with E-state index < -0.39 is 0 Å². The molecule has 0 aliphatic heterocycles. The molecule has 0 saturated carbocycles. The summed E-state index contributed by atoms with van der Waals surface area (Å²) >= 11 is 0. The van der Waals surface area contributed by atoms with Crippen LogP contribution in [0.25, 0.3) is 11.1 Å². The van der Waals surface area contributed by atoms with E-state index in [-0.39, 0.29) is 12.0 Å². The molecule has 0 fully saturated rings. The minimum absolute atomic E-state index is 0.0411. The van der Waals surface area contributed by atoms with Gasteiger partial charge in [0.15, 0.2) is 0 Å². The van der Waals surface area contributed by atoms with Gasteiger partial charge in [-0.1, -0.05) is 106 Å². The Balaban J connectivity index is 0.827. The van der Waals surface area contributed by atoms with Gasteiger partial charge in [0, 0.05) is 19.5 Å². The van der Waals surface area contributed by atoms with Crippen molar-refractivity contribution in [3.05, 3.63) is 89.5 Å². The summed E-state index contributed by atoms with van der Waals surface area (Å²) in [5.41, 5.74) is 6.19. The molecule has 0 aromatic heterocycles. The van der Waals surface area contributed by atoms with Crippen LogP contribution in [-0.2, 0) is 44.3 Å². The lowest BCUT2D eigenvalue weighted by Crippen LogP contribution is -2.32. The van der Waals surface area contributed by atoms with Gasteiger partial charge in [-0.2, -0.15) is 0 Å². The number of ether oxygens (including phenoxy) is 9. The van der Waals surface area contributed by atoms with Gasteiger partial charge in [-0.25, -0.2) is 4.79 Å². The Labute approximate surface area is 347 Å². The van der Waals surface area contributed by atoms with Crippen molar-refractivity contribution in [3.63, 3.8) is 0 Å². The highest BCUT2D eigenvalue weighted by molar-refractivity contribution is 5.79. The molecule has 11 heteroatoms. The van der Waals surface area contributed by atoms with Crippen LogP contribution in [0.15, 0.2) is 72.8 Å². The maximum absolute atomic E-state index is 12.6. The van der Waals surface area contributed by atoms with Gasteiger partial charge in [0.25, 0.3) is 0 Å². The van der Waals surface area contributed by atoms with Crippen LogP contribution in [0.2, 0.25) is 0 Å². The molecule has 322 valence electrons. The van der Waals surface area contributed by atoms with E-state index >= 15 is 0 Å². The zero-order chi connectivity index (χ0) is 40.7. The van der Waals surface area contributed by atoms with E-state index in [1.807, 2.05) is 24.3 Å². The minimum Gasteiger partial charge on any atom is -0.491 e. The van der Waals surface area contributed by atoms with E-state index in [1.54, 1.807) is 11.9 Å². The van der Waals surface area contributed by atoms with Crippen molar-refractivity contribution >= 4 is 6.09 Å². The number of fused-ring (bicyclic) bond motifs is 3. The molecular formula is C47H69NO10. The van der Waals surface area contributed by atoms with Crippen molar-refractivity contribution in [1.82, 2.24) is 4.90 Å². The highest BCUT2D eigenvalue weighted by Crippen LogP contribution is 2.44. The summed E-state index contributed by atoms with van der Waals surface area (Å²) in [5.74, 6) is 0.924. The Kier molecular flexibility index (Phi) is 24.8. The molecule has 0 unspecified atom stereocenters. The number of unbranched alkanes of at least 4 members (excludes halogenated alkanes) is 6. The van der Waals surface area contributed by atoms with Crippen LogP contribution in [-0.4, -0.2) is 130 Å². The third-order valence-corrected chi connectivity index (χ3v) is 9.94. The maximum atomic E-state index is 12.6. The van der Waals surface area contributed by atoms with Crippen LogP contribution in [0.1, 0.15) is 74.5 Å². The summed E-state index contributed by atoms with van der Waals surface area (Å²) in [6, 6.07) is 25.1. The van der Waals surface area contributed by atoms with E-state index in [4.69, 9.17) is 42.6 Å². The monoisotopic (exact) mass is 807 g/mol. The third-order valence-electron chi connectivity index (χ3n) is 9.94. The number of rotatable bonds is 35. The molecule has 0 atom stereocenters. The second kappa shape index (κ2) is 30.5. The molecule has 4 rings (SSSR count). The quantitative estimate of drug-likeness (QED) is 0.0539. The molecule has 0 radical (unpaired) electrons. The topological polar surface area (TPSA) is 103 Å². The van der Waals surface area contributed by atoms with Gasteiger partial charge in [-0.05, 0) is 52.8 Å². The Bertz CT molecular complexity index is 1440. The first kappa shape index (κ1) is 47.1. The molecule has 0 heterocycles. The molecule has 58 heavy (non-hydrogen) atoms. The molecule has 11 nitrogen and oxygen atoms in total. The smallest absolute Gasteiger partial charge is 0.409 e. The average molecular weight is 808 g/mol. The van der Waals surface area contributed by atoms with E-state index in [0.717, 1.165) is 12.2 Å². The number of benzene rings is 3. The average Bonchev–Trinajstić information content (AvgIpc) is 3.57. The van der Waals surface area contributed by atoms with Gasteiger partial charge in [0.05, 0.1) is 92.5 Å². The number of nitrogens with zero attached hydrogens (tertiary/aromatic N) is 1. The second-order valence-corrected chi connectivity index (χ2v) is 14.4. The lowest BCUT2D eigenvalue weighted by atomic mass is 9.98. The molecule has 3 aromatic rings. The number of carbonyl (C=O) groups is 1. The summed E-state index contributed by atoms with van der Waals surface area (Å²) in [4.78, 5) is 14.2. The fourth-order valence-corrected chi connectivity index (χ4v) is 6.68. The summed E-state index contributed by atoms with van der Waals surface area (Å²) in [5, 5.41) is 0. The Morgan fingerprint density at radius 2 is 0.948 bits per heavy atom. The van der Waals surface area contributed by atoms with Crippen LogP contribution in [0.3, 0.4) is 0 Å². The number of amides is 1. The number of likely N-dealkylation sites (N-methyl/N-ethyl adjacent to an activating group) is 1. The fraction of sp³-hybridized carbons (Fsp3) is 0.596. The third kappa shape index (κ3) is 19.0. The molecule has 1 aliphatic rings. The highest BCUT2D eigenvalue weighted by atomic mass is 16.6. The summed E-state index contributed by atoms with van der Waals surface area (Å²) in [6.07, 6.45) is 10.1. The Morgan fingerprint density at radius 1 is 0.517 bits per heavy atom. The van der Waals surface area contributed by atoms with Crippen molar-refractivity contribution in [2.24, 2.45) is 0 Å². The molecule has 0 bridgehead atoms. The summed E-state index contributed by atoms with van der Waals surface area (Å²) in [6.45, 7) is 10.3. The van der Waals surface area contributed by atoms with Gasteiger partial charge in [0.1, 0.15) is 19.0 Å². The van der Waals surface area contributed by atoms with E-state index in [0.29, 0.717) is 112 Å². The normalized spacial score (nSPS) is 12.1. The molecule has 0 saturated heterocycles. The largest absolute Gasteiger partial charge is 0.491 e. The molecular weight excluding hydrogens is 739 g/mol. The van der Waals surface area contributed by atoms with E-state index in [2.05, 4.69) is 55.5 Å². The Morgan fingerprint density at radius 3 is 1.45 bits per heavy atom. The molecule has 3 aromatic carbocycles. The first-order valence-electron chi connectivity index (χ1n) is 21.5. The lowest BCUT2D eigenvalue weighted by molar-refractivity contribution is -0.0215. The predicted octanol–water partition coefficient (Wildman–Crippen LogP) is 8.36. The molecule has 1 aliphatic carbocycles. The van der Waals surface area contributed by atoms with Crippen molar-refractivity contribution in [2.45, 2.75) is 64.2 Å². The van der Waals surface area contributed by atoms with E-state index in [9.17, 15) is 4.79 Å². The maximum Gasteiger partial charge on any atom is 0.409 e. The van der Waals surface area contributed by atoms with Crippen LogP contribution in [0, 0.1) is 0 Å². The standard InChI is InChI=1S/C47H69NO10/c1-3-4-5-6-7-8-9-14-40-19-21-41(22-20-40)57-38-37-56-36-35-55-34-33-54-32-31-53-30-29-52-28-27-51-26-25-50-24-23-48(2)47(49)58-39-46-44-17-12-10-15-42(44)43-16-11-13-18-45(43)46/h10-13,15-22,46H,3-9,14,23-39H2,1-2H3. The number of hydrogen-bond acceptors (Lipinski definition) is 10. The van der Waals surface area contributed by atoms with E-state index in [1.165, 1.54) is 72.8 Å². The second-order valence-electron chi connectivity index (χ2n) is 14.4. The Hall–Kier alpha value is -3.55. The van der Waals surface area contributed by atoms with Crippen LogP contribution in [0.5, 0.6) is 5.75 Å². The molecule has 1 amide bonds. The number of aryl methyl sites for hydroxylation is 1. The van der Waals surface area contributed by atoms with Crippen molar-refractivity contribution in [1.29, 1.82) is 0 Å². The predicted molar refractivity (Wildman–Crippen MR) is 227 cm³/mol. The molecule has 0 N–H and O–H groups in total. The fourth-order valence-electron chi connectivity index (χ4n) is 6.68. The van der Waals surface area contributed by atoms with Crippen molar-refractivity contribution in [2.75, 3.05) is 119 Å². The van der Waals surface area contributed by atoms with Gasteiger partial charge in [0.2, 0.25) is 0 Å². The number of hydrogen-bond donors (Lipinski definition) is 0. The summed E-state index contributed by atoms with van der Waals surface area (Å²) in [7, 11) is 1.72. The van der Waals surface area contributed by atoms with Gasteiger partial charge in [-0.15, -0.1) is 0 Å². The highest BCUT2D eigenvalue weighted by Gasteiger charge is 2.29. The minimum atomic E-state index is -0.360. The van der Waals surface area contributed by atoms with Gasteiger partial charge < -0.3 is 47.5 Å². The van der Waals surface area contributed by atoms with Crippen molar-refractivity contribution in [3.8, 4) is 16.9 Å². The molecule has 0 spiro atoms. The van der Waals surface area contributed by atoms with Crippen molar-refractivity contribution < 1.29 is 47.4 Å². The number of carbonyl (C=O) groups excluding carboxylic acids is 1. The van der Waals surface area contributed by atoms with Crippen LogP contribution >= 0.6 is 0 Å². The van der Waals surface area contributed by atoms with Gasteiger partial charge in [-0.3, -0.25) is 0 Å². The first-order chi connectivity index (χ1) is 28.7. The summed E-state index contributed by atoms with van der Waals surface area (Å²) < 4.78 is 50.5. The van der Waals surface area contributed by atoms with Crippen LogP contribution in [0.4, 0.5) is 4.79 Å². The SMILES string of the molecule is CCCCCCCCCc1ccc(OCCOCCOCCOCCOCCOCCOCCOCCN(C)C(=O)OCC2c3ccccc3-c3ccccc32)cc1. The lowest BCUT2D eigenvalue weighted by Gasteiger charge is -2.19. The van der Waals surface area contributed by atoms with Gasteiger partial charge >= 0.3 is 6.09 Å². The zero-order valence-corrected chi connectivity index (χ0v) is 35.2. The zero-order valence-electron chi connectivity index (χ0n) is 35.2. The van der Waals surface area contributed by atoms with Crippen LogP contribution < -0.4 is 4.74 Å². The first-order valence-corrected chi connectivity index (χ1v) is 21.5.